The zero-order valence-corrected chi connectivity index (χ0v) is 19.6. The Balaban J connectivity index is 1.82. The van der Waals surface area contributed by atoms with Gasteiger partial charge in [-0.15, -0.1) is 0 Å². The first-order valence-electron chi connectivity index (χ1n) is 12.4. The van der Waals surface area contributed by atoms with Crippen molar-refractivity contribution >= 4 is 5.69 Å². The van der Waals surface area contributed by atoms with Crippen molar-refractivity contribution in [2.24, 2.45) is 11.8 Å². The average Bonchev–Trinajstić information content (AvgIpc) is 3.32. The lowest BCUT2D eigenvalue weighted by Crippen LogP contribution is -2.43. The van der Waals surface area contributed by atoms with E-state index in [0.717, 1.165) is 12.2 Å². The summed E-state index contributed by atoms with van der Waals surface area (Å²) in [5.41, 5.74) is 6.26. The van der Waals surface area contributed by atoms with Crippen LogP contribution in [0, 0.1) is 11.8 Å². The zero-order valence-electron chi connectivity index (χ0n) is 19.6. The highest BCUT2D eigenvalue weighted by atomic mass is 16.5. The normalized spacial score (nSPS) is 28.0. The van der Waals surface area contributed by atoms with Crippen molar-refractivity contribution in [2.75, 3.05) is 12.4 Å². The fourth-order valence-electron chi connectivity index (χ4n) is 6.17. The van der Waals surface area contributed by atoms with E-state index in [4.69, 9.17) is 4.74 Å². The molecule has 1 aromatic carbocycles. The number of benzene rings is 1. The van der Waals surface area contributed by atoms with Gasteiger partial charge in [-0.05, 0) is 73.0 Å². The topological polar surface area (TPSA) is 21.3 Å². The number of hydrogen-bond donors (Lipinski definition) is 1. The van der Waals surface area contributed by atoms with Crippen molar-refractivity contribution in [2.45, 2.75) is 77.2 Å². The van der Waals surface area contributed by atoms with Crippen LogP contribution in [0.25, 0.3) is 0 Å². The van der Waals surface area contributed by atoms with Crippen molar-refractivity contribution in [3.8, 4) is 0 Å². The number of hydrogen-bond acceptors (Lipinski definition) is 2. The Bertz CT molecular complexity index is 875. The first kappa shape index (κ1) is 22.0. The maximum Gasteiger partial charge on any atom is 0.0964 e. The number of anilines is 1. The van der Waals surface area contributed by atoms with Gasteiger partial charge in [0.15, 0.2) is 0 Å². The van der Waals surface area contributed by atoms with Crippen LogP contribution in [-0.4, -0.2) is 12.6 Å². The third kappa shape index (κ3) is 4.40. The highest BCUT2D eigenvalue weighted by molar-refractivity contribution is 5.58. The molecule has 4 rings (SSSR count). The standard InChI is InChI=1S/C29H39NO/c1-4-6-13-22(12-5-2)27-21-24-15-11-19-29(24,30-25-16-8-7-9-17-25)28(27)23-14-10-18-26(20-23)31-3/h7-10,13-14,16-18,23-24,30H,4-6,11-12,15,19-21H2,1-3H3/b22-13+. The molecule has 2 nitrogen and oxygen atoms in total. The molecule has 2 heteroatoms. The first-order valence-corrected chi connectivity index (χ1v) is 12.4. The molecule has 3 unspecified atom stereocenters. The summed E-state index contributed by atoms with van der Waals surface area (Å²) >= 11 is 0. The highest BCUT2D eigenvalue weighted by Gasteiger charge is 2.53. The summed E-state index contributed by atoms with van der Waals surface area (Å²) in [6.07, 6.45) is 20.2. The summed E-state index contributed by atoms with van der Waals surface area (Å²) in [4.78, 5) is 0. The van der Waals surface area contributed by atoms with Crippen molar-refractivity contribution in [3.05, 3.63) is 77.1 Å². The Labute approximate surface area is 189 Å². The fraction of sp³-hybridized carbons (Fsp3) is 0.517. The van der Waals surface area contributed by atoms with Gasteiger partial charge in [-0.2, -0.15) is 0 Å². The van der Waals surface area contributed by atoms with Gasteiger partial charge in [-0.1, -0.05) is 69.5 Å². The molecule has 1 aromatic rings. The molecule has 0 spiro atoms. The molecule has 0 radical (unpaired) electrons. The average molecular weight is 418 g/mol. The van der Waals surface area contributed by atoms with Crippen molar-refractivity contribution in [1.29, 1.82) is 0 Å². The third-order valence-electron chi connectivity index (χ3n) is 7.48. The number of methoxy groups -OCH3 is 1. The Kier molecular flexibility index (Phi) is 7.05. The van der Waals surface area contributed by atoms with E-state index in [1.165, 1.54) is 57.1 Å². The summed E-state index contributed by atoms with van der Waals surface area (Å²) in [5.74, 6) is 2.20. The van der Waals surface area contributed by atoms with Crippen LogP contribution in [0.4, 0.5) is 5.69 Å². The van der Waals surface area contributed by atoms with Gasteiger partial charge in [-0.3, -0.25) is 0 Å². The van der Waals surface area contributed by atoms with Crippen LogP contribution in [0.2, 0.25) is 0 Å². The minimum absolute atomic E-state index is 0.0704. The van der Waals surface area contributed by atoms with Gasteiger partial charge in [0.2, 0.25) is 0 Å². The van der Waals surface area contributed by atoms with Crippen LogP contribution < -0.4 is 5.32 Å². The maximum absolute atomic E-state index is 5.70. The molecule has 31 heavy (non-hydrogen) atoms. The van der Waals surface area contributed by atoms with Crippen LogP contribution in [-0.2, 0) is 4.74 Å². The van der Waals surface area contributed by atoms with Crippen LogP contribution in [0.1, 0.15) is 71.6 Å². The number of fused-ring (bicyclic) bond motifs is 1. The number of ether oxygens (including phenoxy) is 1. The number of para-hydroxylation sites is 1. The molecule has 166 valence electrons. The first-order chi connectivity index (χ1) is 15.2. The summed E-state index contributed by atoms with van der Waals surface area (Å²) in [6.45, 7) is 4.61. The van der Waals surface area contributed by atoms with Crippen LogP contribution in [0.3, 0.4) is 0 Å². The molecule has 1 N–H and O–H groups in total. The molecule has 0 bridgehead atoms. The smallest absolute Gasteiger partial charge is 0.0964 e. The SMILES string of the molecule is CCC/C=C(\CCC)C1=C(C2C=CC=C(OC)C2)C2(Nc3ccccc3)CCCC2C1. The van der Waals surface area contributed by atoms with E-state index in [-0.39, 0.29) is 5.54 Å². The molecule has 0 saturated heterocycles. The molecule has 3 atom stereocenters. The minimum atomic E-state index is 0.0704. The van der Waals surface area contributed by atoms with Gasteiger partial charge < -0.3 is 10.1 Å². The van der Waals surface area contributed by atoms with E-state index in [0.29, 0.717) is 11.8 Å². The number of allylic oxidation sites excluding steroid dienone is 7. The second-order valence-corrected chi connectivity index (χ2v) is 9.45. The molecule has 0 heterocycles. The quantitative estimate of drug-likeness (QED) is 0.440. The van der Waals surface area contributed by atoms with E-state index in [9.17, 15) is 0 Å². The second-order valence-electron chi connectivity index (χ2n) is 9.45. The minimum Gasteiger partial charge on any atom is -0.501 e. The lowest BCUT2D eigenvalue weighted by Gasteiger charge is -2.39. The Morgan fingerprint density at radius 3 is 2.74 bits per heavy atom. The monoisotopic (exact) mass is 417 g/mol. The molecular formula is C29H39NO. The fourth-order valence-corrected chi connectivity index (χ4v) is 6.17. The Morgan fingerprint density at radius 2 is 2.00 bits per heavy atom. The van der Waals surface area contributed by atoms with Gasteiger partial charge >= 0.3 is 0 Å². The van der Waals surface area contributed by atoms with E-state index in [2.05, 4.69) is 73.8 Å². The molecule has 0 aliphatic heterocycles. The largest absolute Gasteiger partial charge is 0.501 e. The molecule has 0 aromatic heterocycles. The Morgan fingerprint density at radius 1 is 1.16 bits per heavy atom. The molecular weight excluding hydrogens is 378 g/mol. The van der Waals surface area contributed by atoms with Gasteiger partial charge in [0.05, 0.1) is 18.4 Å². The lowest BCUT2D eigenvalue weighted by atomic mass is 9.75. The van der Waals surface area contributed by atoms with Crippen LogP contribution in [0.15, 0.2) is 77.1 Å². The number of rotatable bonds is 9. The number of nitrogens with one attached hydrogen (secondary N) is 1. The van der Waals surface area contributed by atoms with Crippen LogP contribution >= 0.6 is 0 Å². The number of unbranched alkanes of at least 4 members (excludes halogenated alkanes) is 1. The van der Waals surface area contributed by atoms with E-state index in [1.54, 1.807) is 16.7 Å². The molecule has 0 amide bonds. The second kappa shape index (κ2) is 9.94. The molecule has 1 saturated carbocycles. The van der Waals surface area contributed by atoms with Gasteiger partial charge in [0.1, 0.15) is 0 Å². The predicted octanol–water partition coefficient (Wildman–Crippen LogP) is 7.97. The van der Waals surface area contributed by atoms with E-state index in [1.807, 2.05) is 7.11 Å². The van der Waals surface area contributed by atoms with Crippen molar-refractivity contribution in [1.82, 2.24) is 0 Å². The molecule has 3 aliphatic carbocycles. The van der Waals surface area contributed by atoms with E-state index >= 15 is 0 Å². The highest BCUT2D eigenvalue weighted by Crippen LogP contribution is 2.57. The Hall–Kier alpha value is -2.22. The lowest BCUT2D eigenvalue weighted by molar-refractivity contribution is 0.265. The predicted molar refractivity (Wildman–Crippen MR) is 132 cm³/mol. The van der Waals surface area contributed by atoms with Gasteiger partial charge in [0.25, 0.3) is 0 Å². The van der Waals surface area contributed by atoms with E-state index < -0.39 is 0 Å². The summed E-state index contributed by atoms with van der Waals surface area (Å²) < 4.78 is 5.70. The van der Waals surface area contributed by atoms with Crippen molar-refractivity contribution < 1.29 is 4.74 Å². The zero-order chi connectivity index (χ0) is 21.7. The summed E-state index contributed by atoms with van der Waals surface area (Å²) in [5, 5.41) is 4.10. The third-order valence-corrected chi connectivity index (χ3v) is 7.48. The van der Waals surface area contributed by atoms with Crippen LogP contribution in [0.5, 0.6) is 0 Å². The summed E-state index contributed by atoms with van der Waals surface area (Å²) in [7, 11) is 1.81. The van der Waals surface area contributed by atoms with Gasteiger partial charge in [-0.25, -0.2) is 0 Å². The molecule has 3 aliphatic rings. The maximum atomic E-state index is 5.70. The summed E-state index contributed by atoms with van der Waals surface area (Å²) in [6, 6.07) is 10.9. The molecule has 1 fully saturated rings. The van der Waals surface area contributed by atoms with Crippen molar-refractivity contribution in [3.63, 3.8) is 0 Å². The van der Waals surface area contributed by atoms with Gasteiger partial charge in [0, 0.05) is 18.0 Å².